The first-order valence-corrected chi connectivity index (χ1v) is 5.48. The van der Waals surface area contributed by atoms with E-state index < -0.39 is 6.10 Å². The van der Waals surface area contributed by atoms with E-state index >= 15 is 0 Å². The van der Waals surface area contributed by atoms with Gasteiger partial charge in [0.25, 0.3) is 0 Å². The Morgan fingerprint density at radius 2 is 2.12 bits per heavy atom. The maximum atomic E-state index is 10.9. The number of benzene rings is 1. The highest BCUT2D eigenvalue weighted by Gasteiger charge is 2.23. The van der Waals surface area contributed by atoms with E-state index in [9.17, 15) is 9.90 Å². The summed E-state index contributed by atoms with van der Waals surface area (Å²) < 4.78 is 10.9. The maximum Gasteiger partial charge on any atom is 0.172 e. The minimum Gasteiger partial charge on any atom is -0.486 e. The Balaban J connectivity index is 2.43. The van der Waals surface area contributed by atoms with Gasteiger partial charge in [0.05, 0.1) is 11.7 Å². The van der Waals surface area contributed by atoms with Crippen LogP contribution in [0.5, 0.6) is 11.5 Å². The van der Waals surface area contributed by atoms with Crippen LogP contribution in [0.25, 0.3) is 0 Å². The number of likely N-dealkylation sites (N-methyl/N-ethyl adjacent to an activating group) is 1. The van der Waals surface area contributed by atoms with Crippen molar-refractivity contribution in [3.05, 3.63) is 23.3 Å². The number of aliphatic hydroxyl groups is 1. The topological polar surface area (TPSA) is 67.8 Å². The summed E-state index contributed by atoms with van der Waals surface area (Å²) in [5.74, 6) is 0.905. The van der Waals surface area contributed by atoms with Gasteiger partial charge in [0.2, 0.25) is 0 Å². The molecule has 5 nitrogen and oxygen atoms in total. The molecule has 1 aliphatic heterocycles. The van der Waals surface area contributed by atoms with Crippen molar-refractivity contribution in [1.82, 2.24) is 5.32 Å². The van der Waals surface area contributed by atoms with Gasteiger partial charge in [0.1, 0.15) is 13.2 Å². The molecule has 92 valence electrons. The molecule has 0 aromatic heterocycles. The molecule has 2 N–H and O–H groups in total. The number of aliphatic hydroxyl groups excluding tert-OH is 1. The van der Waals surface area contributed by atoms with Gasteiger partial charge in [-0.3, -0.25) is 4.79 Å². The molecule has 1 heterocycles. The molecule has 1 unspecified atom stereocenters. The summed E-state index contributed by atoms with van der Waals surface area (Å²) in [5.41, 5.74) is 1.08. The number of nitrogens with one attached hydrogen (secondary N) is 1. The minimum absolute atomic E-state index is 0.413. The Morgan fingerprint density at radius 3 is 2.76 bits per heavy atom. The zero-order chi connectivity index (χ0) is 12.3. The van der Waals surface area contributed by atoms with Gasteiger partial charge in [0, 0.05) is 12.1 Å². The van der Waals surface area contributed by atoms with Crippen molar-refractivity contribution in [3.63, 3.8) is 0 Å². The molecule has 0 saturated carbocycles. The van der Waals surface area contributed by atoms with Crippen molar-refractivity contribution in [1.29, 1.82) is 0 Å². The SMILES string of the molecule is CNCC(O)c1ccc(C=O)c2c1OCCO2. The van der Waals surface area contributed by atoms with Crippen LogP contribution in [0, 0.1) is 0 Å². The Hall–Kier alpha value is -1.59. The highest BCUT2D eigenvalue weighted by molar-refractivity contribution is 5.82. The molecule has 0 fully saturated rings. The molecule has 0 radical (unpaired) electrons. The lowest BCUT2D eigenvalue weighted by Gasteiger charge is -2.24. The van der Waals surface area contributed by atoms with Gasteiger partial charge in [-0.05, 0) is 13.1 Å². The van der Waals surface area contributed by atoms with Crippen LogP contribution in [0.4, 0.5) is 0 Å². The first-order valence-electron chi connectivity index (χ1n) is 5.48. The van der Waals surface area contributed by atoms with Crippen LogP contribution in [0.3, 0.4) is 0 Å². The summed E-state index contributed by atoms with van der Waals surface area (Å²) in [4.78, 5) is 10.9. The predicted molar refractivity (Wildman–Crippen MR) is 61.7 cm³/mol. The van der Waals surface area contributed by atoms with Crippen molar-refractivity contribution in [2.24, 2.45) is 0 Å². The Morgan fingerprint density at radius 1 is 1.41 bits per heavy atom. The number of ether oxygens (including phenoxy) is 2. The molecular formula is C12H15NO4. The summed E-state index contributed by atoms with van der Waals surface area (Å²) in [6.07, 6.45) is 0.0398. The number of rotatable bonds is 4. The van der Waals surface area contributed by atoms with Gasteiger partial charge in [-0.15, -0.1) is 0 Å². The summed E-state index contributed by atoms with van der Waals surface area (Å²) >= 11 is 0. The molecule has 0 amide bonds. The van der Waals surface area contributed by atoms with Crippen molar-refractivity contribution in [3.8, 4) is 11.5 Å². The van der Waals surface area contributed by atoms with Crippen molar-refractivity contribution < 1.29 is 19.4 Å². The lowest BCUT2D eigenvalue weighted by Crippen LogP contribution is -2.21. The zero-order valence-electron chi connectivity index (χ0n) is 9.60. The Kier molecular flexibility index (Phi) is 3.61. The molecule has 17 heavy (non-hydrogen) atoms. The van der Waals surface area contributed by atoms with E-state index in [1.54, 1.807) is 19.2 Å². The van der Waals surface area contributed by atoms with E-state index in [1.807, 2.05) is 0 Å². The van der Waals surface area contributed by atoms with Gasteiger partial charge in [0.15, 0.2) is 17.8 Å². The predicted octanol–water partition coefficient (Wildman–Crippen LogP) is 0.523. The number of carbonyl (C=O) groups is 1. The fourth-order valence-corrected chi connectivity index (χ4v) is 1.84. The van der Waals surface area contributed by atoms with Gasteiger partial charge in [-0.2, -0.15) is 0 Å². The fourth-order valence-electron chi connectivity index (χ4n) is 1.84. The normalized spacial score (nSPS) is 15.4. The molecule has 1 atom stereocenters. The van der Waals surface area contributed by atoms with E-state index in [2.05, 4.69) is 5.32 Å². The number of hydrogen-bond acceptors (Lipinski definition) is 5. The quantitative estimate of drug-likeness (QED) is 0.747. The fraction of sp³-hybridized carbons (Fsp3) is 0.417. The van der Waals surface area contributed by atoms with Gasteiger partial charge >= 0.3 is 0 Å². The van der Waals surface area contributed by atoms with E-state index in [-0.39, 0.29) is 0 Å². The average molecular weight is 237 g/mol. The third-order valence-corrected chi connectivity index (χ3v) is 2.63. The maximum absolute atomic E-state index is 10.9. The summed E-state index contributed by atoms with van der Waals surface area (Å²) in [5, 5.41) is 12.8. The minimum atomic E-state index is -0.684. The van der Waals surface area contributed by atoms with E-state index in [1.165, 1.54) is 0 Å². The standard InChI is InChI=1S/C12H15NO4/c1-13-6-10(15)9-3-2-8(7-14)11-12(9)17-5-4-16-11/h2-3,7,10,13,15H,4-6H2,1H3. The molecule has 0 bridgehead atoms. The third-order valence-electron chi connectivity index (χ3n) is 2.63. The van der Waals surface area contributed by atoms with Crippen LogP contribution in [0.15, 0.2) is 12.1 Å². The van der Waals surface area contributed by atoms with Gasteiger partial charge < -0.3 is 19.9 Å². The summed E-state index contributed by atoms with van der Waals surface area (Å²) in [6, 6.07) is 3.33. The van der Waals surface area contributed by atoms with Crippen LogP contribution in [0.1, 0.15) is 22.0 Å². The molecule has 0 aliphatic carbocycles. The summed E-state index contributed by atoms with van der Waals surface area (Å²) in [7, 11) is 1.76. The second-order valence-electron chi connectivity index (χ2n) is 3.79. The van der Waals surface area contributed by atoms with Crippen molar-refractivity contribution in [2.45, 2.75) is 6.10 Å². The Labute approximate surface area is 99.3 Å². The second-order valence-corrected chi connectivity index (χ2v) is 3.79. The highest BCUT2D eigenvalue weighted by Crippen LogP contribution is 2.39. The number of carbonyl (C=O) groups excluding carboxylic acids is 1. The second kappa shape index (κ2) is 5.16. The van der Waals surface area contributed by atoms with E-state index in [4.69, 9.17) is 9.47 Å². The van der Waals surface area contributed by atoms with Gasteiger partial charge in [-0.1, -0.05) is 6.07 Å². The largest absolute Gasteiger partial charge is 0.486 e. The van der Waals surface area contributed by atoms with Crippen LogP contribution < -0.4 is 14.8 Å². The lowest BCUT2D eigenvalue weighted by atomic mass is 10.0. The highest BCUT2D eigenvalue weighted by atomic mass is 16.6. The summed E-state index contributed by atoms with van der Waals surface area (Å²) in [6.45, 7) is 1.25. The average Bonchev–Trinajstić information content (AvgIpc) is 2.37. The number of fused-ring (bicyclic) bond motifs is 1. The Bertz CT molecular complexity index is 419. The molecule has 1 aliphatic rings. The van der Waals surface area contributed by atoms with E-state index in [0.717, 1.165) is 6.29 Å². The molecule has 0 saturated heterocycles. The van der Waals surface area contributed by atoms with E-state index in [0.29, 0.717) is 42.4 Å². The molecule has 1 aromatic rings. The molecule has 2 rings (SSSR count). The first-order chi connectivity index (χ1) is 8.27. The first kappa shape index (κ1) is 11.9. The van der Waals surface area contributed by atoms with Crippen molar-refractivity contribution >= 4 is 6.29 Å². The zero-order valence-corrected chi connectivity index (χ0v) is 9.60. The lowest BCUT2D eigenvalue weighted by molar-refractivity contribution is 0.110. The van der Waals surface area contributed by atoms with Crippen molar-refractivity contribution in [2.75, 3.05) is 26.8 Å². The smallest absolute Gasteiger partial charge is 0.172 e. The number of aldehydes is 1. The molecule has 1 aromatic carbocycles. The molecular weight excluding hydrogens is 222 g/mol. The molecule has 0 spiro atoms. The van der Waals surface area contributed by atoms with Crippen LogP contribution in [-0.4, -0.2) is 38.2 Å². The third kappa shape index (κ3) is 2.25. The van der Waals surface area contributed by atoms with Crippen LogP contribution >= 0.6 is 0 Å². The van der Waals surface area contributed by atoms with Crippen LogP contribution in [0.2, 0.25) is 0 Å². The van der Waals surface area contributed by atoms with Crippen LogP contribution in [-0.2, 0) is 0 Å². The number of hydrogen-bond donors (Lipinski definition) is 2. The monoisotopic (exact) mass is 237 g/mol. The van der Waals surface area contributed by atoms with Gasteiger partial charge in [-0.25, -0.2) is 0 Å². The molecule has 5 heteroatoms.